The highest BCUT2D eigenvalue weighted by Gasteiger charge is 2.37. The Morgan fingerprint density at radius 2 is 1.97 bits per heavy atom. The summed E-state index contributed by atoms with van der Waals surface area (Å²) in [5, 5.41) is 17.9. The third-order valence-electron chi connectivity index (χ3n) is 6.61. The van der Waals surface area contributed by atoms with E-state index in [4.69, 9.17) is 10.7 Å². The van der Waals surface area contributed by atoms with E-state index in [9.17, 15) is 9.90 Å². The molecule has 5 rings (SSSR count). The Bertz CT molecular complexity index is 1470. The number of hydrogen-bond acceptors (Lipinski definition) is 8. The number of hydrogen-bond donors (Lipinski definition) is 4. The number of rotatable bonds is 9. The number of anilines is 3. The Morgan fingerprint density at radius 3 is 2.69 bits per heavy atom. The van der Waals surface area contributed by atoms with Crippen molar-refractivity contribution in [3.8, 4) is 5.82 Å². The molecule has 0 fully saturated rings. The zero-order chi connectivity index (χ0) is 25.3. The summed E-state index contributed by atoms with van der Waals surface area (Å²) < 4.78 is 3.21. The molecule has 1 aliphatic rings. The first kappa shape index (κ1) is 23.7. The van der Waals surface area contributed by atoms with Crippen LogP contribution in [0.25, 0.3) is 16.9 Å². The lowest BCUT2D eigenvalue weighted by Gasteiger charge is -2.21. The van der Waals surface area contributed by atoms with Gasteiger partial charge in [0.2, 0.25) is 5.95 Å². The first-order valence-electron chi connectivity index (χ1n) is 12.1. The van der Waals surface area contributed by atoms with Crippen molar-refractivity contribution < 1.29 is 5.11 Å². The Kier molecular flexibility index (Phi) is 6.29. The molecule has 0 spiro atoms. The summed E-state index contributed by atoms with van der Waals surface area (Å²) in [5.41, 5.74) is 8.22. The predicted octanol–water partition coefficient (Wildman–Crippen LogP) is 2.82. The fraction of sp³-hybridized carbons (Fsp3) is 0.308. The Balaban J connectivity index is 1.58. The van der Waals surface area contributed by atoms with Crippen LogP contribution in [-0.4, -0.2) is 42.5 Å². The molecule has 3 aromatic heterocycles. The van der Waals surface area contributed by atoms with Gasteiger partial charge in [0.25, 0.3) is 5.56 Å². The molecule has 10 heteroatoms. The second kappa shape index (κ2) is 9.56. The van der Waals surface area contributed by atoms with Crippen molar-refractivity contribution in [3.63, 3.8) is 0 Å². The molecule has 4 aromatic rings. The van der Waals surface area contributed by atoms with E-state index in [1.54, 1.807) is 10.8 Å². The average molecular weight is 487 g/mol. The molecule has 36 heavy (non-hydrogen) atoms. The van der Waals surface area contributed by atoms with Crippen LogP contribution in [0.15, 0.2) is 60.0 Å². The van der Waals surface area contributed by atoms with Crippen LogP contribution in [0.2, 0.25) is 0 Å². The lowest BCUT2D eigenvalue weighted by molar-refractivity contribution is 0.0306. The quantitative estimate of drug-likeness (QED) is 0.265. The molecule has 5 N–H and O–H groups in total. The number of nitrogens with zero attached hydrogens (tertiary/aromatic N) is 5. The number of pyridine rings is 1. The minimum Gasteiger partial charge on any atom is -0.384 e. The standard InChI is InChI=1S/C26H30N8O2/c1-3-15-33-24(35)20-16-29-25(30-19-8-6-18(7-9-19)28-14-13-27)32-23(20)34(33)21-10-5-17-11-12-26(36,4-2)22(17)31-21/h3,5-10,16,28,36H,1,4,11-15,27H2,2H3,(H,29,30,32)/t26-/m1/s1. The number of aryl methyl sites for hydroxylation is 1. The molecule has 1 atom stereocenters. The van der Waals surface area contributed by atoms with Gasteiger partial charge in [0, 0.05) is 30.7 Å². The summed E-state index contributed by atoms with van der Waals surface area (Å²) in [6.07, 6.45) is 5.15. The zero-order valence-electron chi connectivity index (χ0n) is 20.2. The second-order valence-corrected chi connectivity index (χ2v) is 8.90. The summed E-state index contributed by atoms with van der Waals surface area (Å²) >= 11 is 0. The normalized spacial score (nSPS) is 16.8. The van der Waals surface area contributed by atoms with Crippen LogP contribution in [0.5, 0.6) is 0 Å². The number of allylic oxidation sites excluding steroid dienone is 1. The van der Waals surface area contributed by atoms with Crippen LogP contribution in [0.3, 0.4) is 0 Å². The molecule has 0 saturated carbocycles. The third-order valence-corrected chi connectivity index (χ3v) is 6.61. The van der Waals surface area contributed by atoms with Crippen LogP contribution in [0, 0.1) is 0 Å². The maximum atomic E-state index is 13.2. The molecular formula is C26H30N8O2. The number of aliphatic hydroxyl groups is 1. The average Bonchev–Trinajstić information content (AvgIpc) is 3.37. The Hall–Kier alpha value is -4.02. The van der Waals surface area contributed by atoms with Gasteiger partial charge < -0.3 is 21.5 Å². The van der Waals surface area contributed by atoms with Gasteiger partial charge in [0.05, 0.1) is 12.2 Å². The molecule has 0 aliphatic heterocycles. The predicted molar refractivity (Wildman–Crippen MR) is 141 cm³/mol. The lowest BCUT2D eigenvalue weighted by atomic mass is 9.98. The Labute approximate surface area is 208 Å². The van der Waals surface area contributed by atoms with Crippen LogP contribution in [-0.2, 0) is 18.6 Å². The number of fused-ring (bicyclic) bond motifs is 2. The monoisotopic (exact) mass is 486 g/mol. The molecule has 0 radical (unpaired) electrons. The number of nitrogens with one attached hydrogen (secondary N) is 2. The lowest BCUT2D eigenvalue weighted by Crippen LogP contribution is -2.25. The van der Waals surface area contributed by atoms with Gasteiger partial charge in [-0.15, -0.1) is 6.58 Å². The van der Waals surface area contributed by atoms with Gasteiger partial charge in [0.15, 0.2) is 11.5 Å². The van der Waals surface area contributed by atoms with Crippen molar-refractivity contribution in [2.24, 2.45) is 5.73 Å². The van der Waals surface area contributed by atoms with E-state index in [1.165, 1.54) is 10.9 Å². The molecule has 0 bridgehead atoms. The summed E-state index contributed by atoms with van der Waals surface area (Å²) in [6, 6.07) is 11.5. The van der Waals surface area contributed by atoms with Gasteiger partial charge in [-0.25, -0.2) is 19.3 Å². The number of aromatic nitrogens is 5. The van der Waals surface area contributed by atoms with E-state index in [-0.39, 0.29) is 12.1 Å². The summed E-state index contributed by atoms with van der Waals surface area (Å²) in [7, 11) is 0. The summed E-state index contributed by atoms with van der Waals surface area (Å²) in [4.78, 5) is 27.1. The first-order valence-corrected chi connectivity index (χ1v) is 12.1. The molecule has 3 heterocycles. The van der Waals surface area contributed by atoms with Gasteiger partial charge in [-0.05, 0) is 55.2 Å². The summed E-state index contributed by atoms with van der Waals surface area (Å²) in [6.45, 7) is 7.27. The molecule has 1 aliphatic carbocycles. The molecule has 186 valence electrons. The second-order valence-electron chi connectivity index (χ2n) is 8.90. The molecule has 1 aromatic carbocycles. The van der Waals surface area contributed by atoms with Gasteiger partial charge in [-0.1, -0.05) is 19.1 Å². The fourth-order valence-electron chi connectivity index (χ4n) is 4.63. The van der Waals surface area contributed by atoms with Gasteiger partial charge >= 0.3 is 0 Å². The highest BCUT2D eigenvalue weighted by atomic mass is 16.3. The highest BCUT2D eigenvalue weighted by molar-refractivity contribution is 5.77. The molecule has 0 unspecified atom stereocenters. The van der Waals surface area contributed by atoms with Crippen LogP contribution >= 0.6 is 0 Å². The van der Waals surface area contributed by atoms with Crippen LogP contribution in [0.1, 0.15) is 31.0 Å². The number of nitrogens with two attached hydrogens (primary N) is 1. The maximum Gasteiger partial charge on any atom is 0.278 e. The molecular weight excluding hydrogens is 456 g/mol. The van der Waals surface area contributed by atoms with E-state index in [0.717, 1.165) is 23.4 Å². The topological polar surface area (TPSA) is 136 Å². The largest absolute Gasteiger partial charge is 0.384 e. The molecule has 0 amide bonds. The fourth-order valence-corrected chi connectivity index (χ4v) is 4.63. The van der Waals surface area contributed by atoms with Gasteiger partial charge in [-0.2, -0.15) is 4.98 Å². The third kappa shape index (κ3) is 4.14. The van der Waals surface area contributed by atoms with Crippen LogP contribution < -0.4 is 21.9 Å². The van der Waals surface area contributed by atoms with Crippen molar-refractivity contribution in [2.45, 2.75) is 38.3 Å². The molecule has 0 saturated heterocycles. The smallest absolute Gasteiger partial charge is 0.278 e. The van der Waals surface area contributed by atoms with Gasteiger partial charge in [0.1, 0.15) is 11.0 Å². The van der Waals surface area contributed by atoms with Crippen molar-refractivity contribution >= 4 is 28.4 Å². The number of benzene rings is 1. The van der Waals surface area contributed by atoms with E-state index in [1.807, 2.05) is 43.3 Å². The van der Waals surface area contributed by atoms with Crippen LogP contribution in [0.4, 0.5) is 17.3 Å². The minimum atomic E-state index is -0.968. The van der Waals surface area contributed by atoms with Crippen molar-refractivity contribution in [2.75, 3.05) is 23.7 Å². The van der Waals surface area contributed by atoms with Crippen molar-refractivity contribution in [3.05, 3.63) is 76.9 Å². The van der Waals surface area contributed by atoms with E-state index < -0.39 is 5.60 Å². The summed E-state index contributed by atoms with van der Waals surface area (Å²) in [5.74, 6) is 0.859. The van der Waals surface area contributed by atoms with Crippen molar-refractivity contribution in [1.29, 1.82) is 0 Å². The highest BCUT2D eigenvalue weighted by Crippen LogP contribution is 2.38. The Morgan fingerprint density at radius 1 is 1.19 bits per heavy atom. The van der Waals surface area contributed by atoms with E-state index >= 15 is 0 Å². The first-order chi connectivity index (χ1) is 17.5. The van der Waals surface area contributed by atoms with E-state index in [2.05, 4.69) is 27.2 Å². The minimum absolute atomic E-state index is 0.236. The zero-order valence-corrected chi connectivity index (χ0v) is 20.2. The van der Waals surface area contributed by atoms with Gasteiger partial charge in [-0.3, -0.25) is 4.79 Å². The molecule has 10 nitrogen and oxygen atoms in total. The SMILES string of the molecule is C=CCn1c(=O)c2cnc(Nc3ccc(NCCN)cc3)nc2n1-c1ccc2c(n1)[C@@](O)(CC)CC2. The van der Waals surface area contributed by atoms with E-state index in [0.29, 0.717) is 54.4 Å². The maximum absolute atomic E-state index is 13.2. The van der Waals surface area contributed by atoms with Crippen molar-refractivity contribution in [1.82, 2.24) is 24.3 Å².